The van der Waals surface area contributed by atoms with E-state index in [-0.39, 0.29) is 17.1 Å². The van der Waals surface area contributed by atoms with Gasteiger partial charge in [0.2, 0.25) is 0 Å². The molecule has 1 nitrogen and oxygen atoms in total. The number of fused-ring (bicyclic) bond motifs is 5. The number of rotatable bonds is 1. The average molecular weight is 303 g/mol. The Morgan fingerprint density at radius 1 is 0.864 bits per heavy atom. The van der Waals surface area contributed by atoms with E-state index in [2.05, 4.69) is 60.7 Å². The van der Waals surface area contributed by atoms with Gasteiger partial charge in [-0.2, -0.15) is 0 Å². The largest absolute Gasteiger partial charge is 0.392 e. The van der Waals surface area contributed by atoms with E-state index in [1.807, 2.05) is 0 Å². The van der Waals surface area contributed by atoms with Gasteiger partial charge in [0.05, 0.1) is 6.61 Å². The average Bonchev–Trinajstić information content (AvgIpc) is 2.91. The summed E-state index contributed by atoms with van der Waals surface area (Å²) < 4.78 is 2.97. The van der Waals surface area contributed by atoms with Crippen LogP contribution in [0.15, 0.2) is 60.7 Å². The number of aliphatic hydroxyl groups is 1. The van der Waals surface area contributed by atoms with E-state index in [1.54, 1.807) is 0 Å². The van der Waals surface area contributed by atoms with E-state index in [4.69, 9.17) is 0 Å². The monoisotopic (exact) mass is 303 g/mol. The molecule has 0 amide bonds. The Kier molecular flexibility index (Phi) is 2.49. The van der Waals surface area contributed by atoms with Gasteiger partial charge in [-0.1, -0.05) is 30.3 Å². The predicted molar refractivity (Wildman–Crippen MR) is 94.0 cm³/mol. The third kappa shape index (κ3) is 1.51. The summed E-state index contributed by atoms with van der Waals surface area (Å²) in [5.74, 6) is 0. The highest BCUT2D eigenvalue weighted by Crippen LogP contribution is 2.53. The van der Waals surface area contributed by atoms with Gasteiger partial charge in [-0.15, -0.1) is 0 Å². The molecule has 1 unspecified atom stereocenters. The van der Waals surface area contributed by atoms with Crippen molar-refractivity contribution in [3.8, 4) is 4.90 Å². The van der Waals surface area contributed by atoms with Crippen LogP contribution >= 0.6 is 10.5 Å². The molecule has 0 aliphatic carbocycles. The molecule has 0 bridgehead atoms. The molecule has 2 heteroatoms. The first-order valence-electron chi connectivity index (χ1n) is 7.55. The molecule has 1 aromatic heterocycles. The molecule has 3 aromatic carbocycles. The standard InChI is InChI=1S/C20H15OS/c21-12-13-8-9-18-15(10-13)11-14-4-3-6-17-16-5-1-2-7-19(16)22(18)20(14)17/h1-10,21H,11-12H2/q+1. The number of hydrogen-bond donors (Lipinski definition) is 1. The molecule has 0 fully saturated rings. The lowest BCUT2D eigenvalue weighted by Crippen LogP contribution is -1.98. The Hall–Kier alpha value is -2.16. The van der Waals surface area contributed by atoms with Gasteiger partial charge in [0.1, 0.15) is 0 Å². The second-order valence-electron chi connectivity index (χ2n) is 5.87. The highest BCUT2D eigenvalue weighted by Gasteiger charge is 2.31. The number of hydrogen-bond acceptors (Lipinski definition) is 1. The summed E-state index contributed by atoms with van der Waals surface area (Å²) in [6.07, 6.45) is 0.976. The first-order valence-corrected chi connectivity index (χ1v) is 8.77. The molecular formula is C20H15OS+. The first kappa shape index (κ1) is 12.4. The third-order valence-electron chi connectivity index (χ3n) is 4.61. The Labute approximate surface area is 131 Å². The van der Waals surface area contributed by atoms with Crippen molar-refractivity contribution in [3.63, 3.8) is 0 Å². The minimum Gasteiger partial charge on any atom is -0.392 e. The normalized spacial score (nSPS) is 13.6. The highest BCUT2D eigenvalue weighted by molar-refractivity contribution is 7.50. The van der Waals surface area contributed by atoms with Gasteiger partial charge in [0.15, 0.2) is 14.3 Å². The Morgan fingerprint density at radius 2 is 1.73 bits per heavy atom. The van der Waals surface area contributed by atoms with Gasteiger partial charge < -0.3 is 5.11 Å². The van der Waals surface area contributed by atoms with E-state index in [0.717, 1.165) is 12.0 Å². The second-order valence-corrected chi connectivity index (χ2v) is 7.77. The molecule has 1 N–H and O–H groups in total. The van der Waals surface area contributed by atoms with Crippen molar-refractivity contribution < 1.29 is 5.11 Å². The number of benzene rings is 3. The van der Waals surface area contributed by atoms with Crippen LogP contribution in [0.2, 0.25) is 0 Å². The van der Waals surface area contributed by atoms with Crippen molar-refractivity contribution in [2.75, 3.05) is 0 Å². The van der Waals surface area contributed by atoms with Gasteiger partial charge in [0.25, 0.3) is 0 Å². The minimum absolute atomic E-state index is 0.0243. The van der Waals surface area contributed by atoms with Crippen molar-refractivity contribution in [2.45, 2.75) is 13.0 Å². The zero-order chi connectivity index (χ0) is 14.7. The molecule has 1 aliphatic rings. The Morgan fingerprint density at radius 3 is 2.64 bits per heavy atom. The van der Waals surface area contributed by atoms with Crippen LogP contribution in [-0.4, -0.2) is 5.11 Å². The van der Waals surface area contributed by atoms with Gasteiger partial charge in [-0.05, 0) is 35.9 Å². The van der Waals surface area contributed by atoms with Crippen molar-refractivity contribution in [1.82, 2.24) is 0 Å². The summed E-state index contributed by atoms with van der Waals surface area (Å²) in [4.78, 5) is 1.43. The summed E-state index contributed by atoms with van der Waals surface area (Å²) in [7, 11) is 0.0243. The molecule has 1 atom stereocenters. The second kappa shape index (κ2) is 4.42. The fourth-order valence-electron chi connectivity index (χ4n) is 3.66. The van der Waals surface area contributed by atoms with Crippen LogP contribution in [0, 0.1) is 0 Å². The van der Waals surface area contributed by atoms with Crippen LogP contribution in [0.4, 0.5) is 0 Å². The van der Waals surface area contributed by atoms with Crippen LogP contribution in [0.25, 0.3) is 25.1 Å². The van der Waals surface area contributed by atoms with Crippen molar-refractivity contribution in [2.24, 2.45) is 0 Å². The van der Waals surface area contributed by atoms with Crippen molar-refractivity contribution >= 4 is 30.6 Å². The zero-order valence-corrected chi connectivity index (χ0v) is 12.9. The van der Waals surface area contributed by atoms with E-state index in [0.29, 0.717) is 0 Å². The summed E-state index contributed by atoms with van der Waals surface area (Å²) >= 11 is 0. The molecule has 0 spiro atoms. The van der Waals surface area contributed by atoms with Crippen molar-refractivity contribution in [3.05, 3.63) is 77.4 Å². The molecule has 106 valence electrons. The molecule has 0 saturated heterocycles. The summed E-state index contributed by atoms with van der Waals surface area (Å²) in [6, 6.07) is 22.0. The summed E-state index contributed by atoms with van der Waals surface area (Å²) in [5, 5.41) is 12.2. The van der Waals surface area contributed by atoms with E-state index < -0.39 is 0 Å². The van der Waals surface area contributed by atoms with Crippen LogP contribution < -0.4 is 0 Å². The molecule has 2 heterocycles. The molecule has 0 saturated carbocycles. The van der Waals surface area contributed by atoms with Gasteiger partial charge in [0, 0.05) is 38.8 Å². The first-order chi connectivity index (χ1) is 10.9. The van der Waals surface area contributed by atoms with Crippen LogP contribution in [-0.2, 0) is 13.0 Å². The highest BCUT2D eigenvalue weighted by atomic mass is 32.2. The fraction of sp³-hybridized carbons (Fsp3) is 0.100. The van der Waals surface area contributed by atoms with Crippen LogP contribution in [0.3, 0.4) is 0 Å². The van der Waals surface area contributed by atoms with Crippen molar-refractivity contribution in [1.29, 1.82) is 0 Å². The molecule has 5 rings (SSSR count). The van der Waals surface area contributed by atoms with Gasteiger partial charge in [-0.3, -0.25) is 0 Å². The lowest BCUT2D eigenvalue weighted by Gasteiger charge is -2.11. The molecule has 22 heavy (non-hydrogen) atoms. The van der Waals surface area contributed by atoms with Gasteiger partial charge >= 0.3 is 0 Å². The quantitative estimate of drug-likeness (QED) is 0.426. The maximum absolute atomic E-state index is 9.43. The summed E-state index contributed by atoms with van der Waals surface area (Å²) in [6.45, 7) is 0.116. The Balaban J connectivity index is 2.00. The number of aliphatic hydroxyl groups excluding tert-OH is 1. The summed E-state index contributed by atoms with van der Waals surface area (Å²) in [5.41, 5.74) is 3.82. The maximum Gasteiger partial charge on any atom is 0.191 e. The van der Waals surface area contributed by atoms with Gasteiger partial charge in [-0.25, -0.2) is 0 Å². The molecule has 4 aromatic rings. The molecular weight excluding hydrogens is 288 g/mol. The molecule has 0 radical (unpaired) electrons. The maximum atomic E-state index is 9.43. The van der Waals surface area contributed by atoms with Crippen LogP contribution in [0.5, 0.6) is 0 Å². The zero-order valence-electron chi connectivity index (χ0n) is 12.0. The van der Waals surface area contributed by atoms with E-state index in [9.17, 15) is 5.11 Å². The molecule has 1 aliphatic heterocycles. The van der Waals surface area contributed by atoms with E-state index >= 15 is 0 Å². The van der Waals surface area contributed by atoms with E-state index in [1.165, 1.54) is 36.2 Å². The number of thiophene rings is 1. The Bertz CT molecular complexity index is 1040. The smallest absolute Gasteiger partial charge is 0.191 e. The fourth-order valence-corrected chi connectivity index (χ4v) is 6.34. The topological polar surface area (TPSA) is 20.2 Å². The third-order valence-corrected chi connectivity index (χ3v) is 7.13. The predicted octanol–water partition coefficient (Wildman–Crippen LogP) is 5.13. The lowest BCUT2D eigenvalue weighted by molar-refractivity contribution is 0.282. The SMILES string of the molecule is OCc1ccc2c(c1)Cc1cccc3c4ccccc4[s+]-2c13. The minimum atomic E-state index is 0.0243. The lowest BCUT2D eigenvalue weighted by atomic mass is 10.0. The van der Waals surface area contributed by atoms with Crippen LogP contribution in [0.1, 0.15) is 16.7 Å².